The summed E-state index contributed by atoms with van der Waals surface area (Å²) in [5.74, 6) is 0. The maximum Gasteiger partial charge on any atom is 0.407 e. The number of carbonyl (C=O) groups is 1. The number of hydrogen-bond acceptors (Lipinski definition) is 6. The summed E-state index contributed by atoms with van der Waals surface area (Å²) in [7, 11) is 0. The molecular weight excluding hydrogens is 230 g/mol. The van der Waals surface area contributed by atoms with Gasteiger partial charge < -0.3 is 30.5 Å². The Labute approximate surface area is 100 Å². The van der Waals surface area contributed by atoms with E-state index in [0.717, 1.165) is 12.8 Å². The fourth-order valence-corrected chi connectivity index (χ4v) is 1.04. The van der Waals surface area contributed by atoms with Gasteiger partial charge in [-0.25, -0.2) is 4.79 Å². The average Bonchev–Trinajstić information content (AvgIpc) is 2.34. The van der Waals surface area contributed by atoms with Crippen LogP contribution in [0.5, 0.6) is 0 Å². The minimum absolute atomic E-state index is 0.448. The SMILES string of the molecule is CCCCNC(=O)OCC(O)C(O)C(O)CO. The third-order valence-electron chi connectivity index (χ3n) is 2.16. The van der Waals surface area contributed by atoms with E-state index < -0.39 is 37.6 Å². The molecule has 0 aliphatic heterocycles. The molecule has 17 heavy (non-hydrogen) atoms. The second kappa shape index (κ2) is 9.17. The summed E-state index contributed by atoms with van der Waals surface area (Å²) in [5, 5.41) is 38.6. The number of carbonyl (C=O) groups excluding carboxylic acids is 1. The monoisotopic (exact) mass is 251 g/mol. The number of hydrogen-bond donors (Lipinski definition) is 5. The molecule has 0 aliphatic rings. The third kappa shape index (κ3) is 7.11. The van der Waals surface area contributed by atoms with Crippen LogP contribution in [0.2, 0.25) is 0 Å². The lowest BCUT2D eigenvalue weighted by Gasteiger charge is -2.21. The molecule has 3 atom stereocenters. The van der Waals surface area contributed by atoms with Crippen LogP contribution in [-0.2, 0) is 4.74 Å². The number of rotatable bonds is 8. The minimum atomic E-state index is -1.55. The van der Waals surface area contributed by atoms with Gasteiger partial charge >= 0.3 is 6.09 Å². The molecular formula is C10H21NO6. The molecule has 0 heterocycles. The zero-order chi connectivity index (χ0) is 13.3. The maximum absolute atomic E-state index is 11.0. The first kappa shape index (κ1) is 16.1. The topological polar surface area (TPSA) is 119 Å². The predicted molar refractivity (Wildman–Crippen MR) is 59.4 cm³/mol. The number of unbranched alkanes of at least 4 members (excludes halogenated alkanes) is 1. The first-order valence-electron chi connectivity index (χ1n) is 5.58. The second-order valence-corrected chi connectivity index (χ2v) is 3.69. The Morgan fingerprint density at radius 1 is 1.29 bits per heavy atom. The van der Waals surface area contributed by atoms with E-state index in [2.05, 4.69) is 10.1 Å². The molecule has 0 fully saturated rings. The summed E-state index contributed by atoms with van der Waals surface area (Å²) in [6, 6.07) is 0. The third-order valence-corrected chi connectivity index (χ3v) is 2.16. The molecule has 102 valence electrons. The van der Waals surface area contributed by atoms with Crippen molar-refractivity contribution in [1.29, 1.82) is 0 Å². The van der Waals surface area contributed by atoms with Gasteiger partial charge in [0.2, 0.25) is 0 Å². The van der Waals surface area contributed by atoms with Gasteiger partial charge in [-0.2, -0.15) is 0 Å². The summed E-state index contributed by atoms with van der Waals surface area (Å²) in [4.78, 5) is 11.0. The van der Waals surface area contributed by atoms with Gasteiger partial charge in [-0.1, -0.05) is 13.3 Å². The van der Waals surface area contributed by atoms with E-state index in [4.69, 9.17) is 10.2 Å². The van der Waals surface area contributed by atoms with Crippen LogP contribution in [0.1, 0.15) is 19.8 Å². The largest absolute Gasteiger partial charge is 0.447 e. The van der Waals surface area contributed by atoms with E-state index in [1.54, 1.807) is 0 Å². The predicted octanol–water partition coefficient (Wildman–Crippen LogP) is -1.41. The van der Waals surface area contributed by atoms with E-state index in [1.165, 1.54) is 0 Å². The molecule has 0 radical (unpaired) electrons. The van der Waals surface area contributed by atoms with Gasteiger partial charge in [0.1, 0.15) is 24.9 Å². The summed E-state index contributed by atoms with van der Waals surface area (Å²) in [6.45, 7) is 1.33. The minimum Gasteiger partial charge on any atom is -0.447 e. The smallest absolute Gasteiger partial charge is 0.407 e. The lowest BCUT2D eigenvalue weighted by molar-refractivity contribution is -0.0911. The van der Waals surface area contributed by atoms with Crippen LogP contribution in [0.4, 0.5) is 4.79 Å². The summed E-state index contributed by atoms with van der Waals surface area (Å²) in [5.41, 5.74) is 0. The van der Waals surface area contributed by atoms with Crippen LogP contribution in [-0.4, -0.2) is 64.6 Å². The van der Waals surface area contributed by atoms with Crippen molar-refractivity contribution in [2.75, 3.05) is 19.8 Å². The summed E-state index contributed by atoms with van der Waals surface area (Å²) in [6.07, 6.45) is -3.38. The van der Waals surface area contributed by atoms with Gasteiger partial charge in [0.05, 0.1) is 6.61 Å². The first-order valence-corrected chi connectivity index (χ1v) is 5.58. The van der Waals surface area contributed by atoms with Gasteiger partial charge in [-0.15, -0.1) is 0 Å². The van der Waals surface area contributed by atoms with Crippen molar-refractivity contribution in [3.63, 3.8) is 0 Å². The molecule has 0 aromatic heterocycles. The molecule has 7 nitrogen and oxygen atoms in total. The fourth-order valence-electron chi connectivity index (χ4n) is 1.04. The Morgan fingerprint density at radius 3 is 2.47 bits per heavy atom. The highest BCUT2D eigenvalue weighted by molar-refractivity contribution is 5.67. The van der Waals surface area contributed by atoms with E-state index in [1.807, 2.05) is 6.92 Å². The zero-order valence-corrected chi connectivity index (χ0v) is 9.87. The van der Waals surface area contributed by atoms with Crippen molar-refractivity contribution in [2.24, 2.45) is 0 Å². The van der Waals surface area contributed by atoms with Crippen LogP contribution in [0.3, 0.4) is 0 Å². The lowest BCUT2D eigenvalue weighted by atomic mass is 10.1. The number of alkyl carbamates (subject to hydrolysis) is 1. The van der Waals surface area contributed by atoms with Crippen LogP contribution in [0.15, 0.2) is 0 Å². The van der Waals surface area contributed by atoms with Gasteiger partial charge in [0, 0.05) is 6.54 Å². The van der Waals surface area contributed by atoms with Crippen molar-refractivity contribution in [3.05, 3.63) is 0 Å². The number of aliphatic hydroxyl groups excluding tert-OH is 4. The molecule has 0 saturated heterocycles. The molecule has 5 N–H and O–H groups in total. The van der Waals surface area contributed by atoms with Gasteiger partial charge in [-0.05, 0) is 6.42 Å². The van der Waals surface area contributed by atoms with Crippen molar-refractivity contribution >= 4 is 6.09 Å². The lowest BCUT2D eigenvalue weighted by Crippen LogP contribution is -2.43. The van der Waals surface area contributed by atoms with Crippen molar-refractivity contribution in [3.8, 4) is 0 Å². The van der Waals surface area contributed by atoms with E-state index in [-0.39, 0.29) is 0 Å². The molecule has 0 aromatic rings. The van der Waals surface area contributed by atoms with Crippen molar-refractivity contribution < 1.29 is 30.0 Å². The zero-order valence-electron chi connectivity index (χ0n) is 9.87. The standard InChI is InChI=1S/C10H21NO6/c1-2-3-4-11-10(16)17-6-8(14)9(15)7(13)5-12/h7-9,12-15H,2-6H2,1H3,(H,11,16). The van der Waals surface area contributed by atoms with Crippen LogP contribution < -0.4 is 5.32 Å². The van der Waals surface area contributed by atoms with E-state index in [0.29, 0.717) is 6.54 Å². The Balaban J connectivity index is 3.75. The van der Waals surface area contributed by atoms with Crippen molar-refractivity contribution in [1.82, 2.24) is 5.32 Å². The Hall–Kier alpha value is -0.890. The highest BCUT2D eigenvalue weighted by Crippen LogP contribution is 2.00. The quantitative estimate of drug-likeness (QED) is 0.338. The molecule has 7 heteroatoms. The maximum atomic E-state index is 11.0. The van der Waals surface area contributed by atoms with Crippen molar-refractivity contribution in [2.45, 2.75) is 38.1 Å². The molecule has 0 spiro atoms. The van der Waals surface area contributed by atoms with Gasteiger partial charge in [-0.3, -0.25) is 0 Å². The molecule has 0 aromatic carbocycles. The number of nitrogens with one attached hydrogen (secondary N) is 1. The molecule has 1 amide bonds. The normalized spacial score (nSPS) is 16.1. The number of ether oxygens (including phenoxy) is 1. The molecule has 0 saturated carbocycles. The fraction of sp³-hybridized carbons (Fsp3) is 0.900. The van der Waals surface area contributed by atoms with Crippen LogP contribution in [0, 0.1) is 0 Å². The second-order valence-electron chi connectivity index (χ2n) is 3.69. The Morgan fingerprint density at radius 2 is 1.94 bits per heavy atom. The van der Waals surface area contributed by atoms with E-state index in [9.17, 15) is 15.0 Å². The van der Waals surface area contributed by atoms with Gasteiger partial charge in [0.25, 0.3) is 0 Å². The average molecular weight is 251 g/mol. The van der Waals surface area contributed by atoms with Gasteiger partial charge in [0.15, 0.2) is 0 Å². The summed E-state index contributed by atoms with van der Waals surface area (Å²) < 4.78 is 4.61. The molecule has 0 rings (SSSR count). The van der Waals surface area contributed by atoms with E-state index >= 15 is 0 Å². The number of aliphatic hydroxyl groups is 4. The summed E-state index contributed by atoms with van der Waals surface area (Å²) >= 11 is 0. The molecule has 0 aliphatic carbocycles. The first-order chi connectivity index (χ1) is 8.02. The van der Waals surface area contributed by atoms with Crippen LogP contribution >= 0.6 is 0 Å². The highest BCUT2D eigenvalue weighted by atomic mass is 16.6. The highest BCUT2D eigenvalue weighted by Gasteiger charge is 2.25. The molecule has 0 bridgehead atoms. The van der Waals surface area contributed by atoms with Crippen LogP contribution in [0.25, 0.3) is 0 Å². The number of amides is 1. The molecule has 3 unspecified atom stereocenters. The Kier molecular flexibility index (Phi) is 8.69. The Bertz CT molecular complexity index is 213.